The van der Waals surface area contributed by atoms with Gasteiger partial charge < -0.3 is 5.32 Å². The average molecular weight is 390 g/mol. The van der Waals surface area contributed by atoms with Crippen molar-refractivity contribution in [3.05, 3.63) is 83.2 Å². The van der Waals surface area contributed by atoms with E-state index in [1.54, 1.807) is 10.9 Å². The van der Waals surface area contributed by atoms with Crippen molar-refractivity contribution in [1.82, 2.24) is 25.2 Å². The Labute approximate surface area is 171 Å². The first-order valence-electron chi connectivity index (χ1n) is 10.3. The lowest BCUT2D eigenvalue weighted by Crippen LogP contribution is -2.29. The minimum absolute atomic E-state index is 0.207. The van der Waals surface area contributed by atoms with Crippen molar-refractivity contribution in [3.8, 4) is 0 Å². The number of piperidine rings is 1. The summed E-state index contributed by atoms with van der Waals surface area (Å²) in [5.41, 5.74) is 3.86. The van der Waals surface area contributed by atoms with Gasteiger partial charge >= 0.3 is 0 Å². The highest BCUT2D eigenvalue weighted by molar-refractivity contribution is 5.91. The van der Waals surface area contributed by atoms with E-state index in [-0.39, 0.29) is 5.91 Å². The highest BCUT2D eigenvalue weighted by Crippen LogP contribution is 2.13. The van der Waals surface area contributed by atoms with E-state index in [0.717, 1.165) is 17.7 Å². The summed E-state index contributed by atoms with van der Waals surface area (Å²) >= 11 is 0. The third-order valence-electron chi connectivity index (χ3n) is 5.29. The maximum Gasteiger partial charge on any atom is 0.273 e. The van der Waals surface area contributed by atoms with Gasteiger partial charge in [0.05, 0.1) is 12.7 Å². The summed E-state index contributed by atoms with van der Waals surface area (Å²) in [4.78, 5) is 14.9. The zero-order valence-electron chi connectivity index (χ0n) is 16.6. The molecule has 6 heteroatoms. The SMILES string of the molecule is O=C(NCc1ccc(CN2CCCCC2)cc1)c1cn(Cc2ccccc2)nn1. The number of amides is 1. The molecule has 150 valence electrons. The van der Waals surface area contributed by atoms with Crippen LogP contribution in [0, 0.1) is 0 Å². The molecule has 1 aliphatic heterocycles. The molecule has 2 aromatic carbocycles. The Morgan fingerprint density at radius 3 is 2.31 bits per heavy atom. The van der Waals surface area contributed by atoms with Crippen molar-refractivity contribution in [2.24, 2.45) is 0 Å². The monoisotopic (exact) mass is 389 g/mol. The van der Waals surface area contributed by atoms with E-state index in [1.165, 1.54) is 37.9 Å². The molecule has 1 saturated heterocycles. The molecule has 2 heterocycles. The molecule has 6 nitrogen and oxygen atoms in total. The fourth-order valence-electron chi connectivity index (χ4n) is 3.66. The van der Waals surface area contributed by atoms with Crippen LogP contribution in [-0.4, -0.2) is 38.9 Å². The first kappa shape index (κ1) is 19.3. The van der Waals surface area contributed by atoms with Gasteiger partial charge in [0.15, 0.2) is 5.69 Å². The van der Waals surface area contributed by atoms with Gasteiger partial charge in [0.1, 0.15) is 0 Å². The average Bonchev–Trinajstić information content (AvgIpc) is 3.23. The number of rotatable bonds is 7. The number of hydrogen-bond acceptors (Lipinski definition) is 4. The molecule has 0 radical (unpaired) electrons. The number of benzene rings is 2. The van der Waals surface area contributed by atoms with Crippen LogP contribution < -0.4 is 5.32 Å². The molecule has 1 N–H and O–H groups in total. The second-order valence-electron chi connectivity index (χ2n) is 7.62. The van der Waals surface area contributed by atoms with E-state index >= 15 is 0 Å². The Bertz CT molecular complexity index is 914. The minimum Gasteiger partial charge on any atom is -0.347 e. The van der Waals surface area contributed by atoms with Gasteiger partial charge in [-0.3, -0.25) is 9.69 Å². The minimum atomic E-state index is -0.207. The van der Waals surface area contributed by atoms with E-state index in [0.29, 0.717) is 18.8 Å². The van der Waals surface area contributed by atoms with Gasteiger partial charge in [-0.15, -0.1) is 5.10 Å². The summed E-state index contributed by atoms with van der Waals surface area (Å²) in [5.74, 6) is -0.207. The van der Waals surface area contributed by atoms with Gasteiger partial charge in [0.2, 0.25) is 0 Å². The van der Waals surface area contributed by atoms with Crippen LogP contribution >= 0.6 is 0 Å². The molecule has 1 amide bonds. The molecule has 0 bridgehead atoms. The predicted molar refractivity (Wildman–Crippen MR) is 112 cm³/mol. The Morgan fingerprint density at radius 1 is 0.862 bits per heavy atom. The molecule has 0 aliphatic carbocycles. The van der Waals surface area contributed by atoms with E-state index in [9.17, 15) is 4.79 Å². The van der Waals surface area contributed by atoms with Crippen LogP contribution in [0.2, 0.25) is 0 Å². The van der Waals surface area contributed by atoms with Gasteiger partial charge in [-0.05, 0) is 42.6 Å². The quantitative estimate of drug-likeness (QED) is 0.674. The van der Waals surface area contributed by atoms with Crippen molar-refractivity contribution >= 4 is 5.91 Å². The normalized spacial score (nSPS) is 14.6. The summed E-state index contributed by atoms with van der Waals surface area (Å²) < 4.78 is 1.68. The third kappa shape index (κ3) is 5.51. The molecule has 3 aromatic rings. The summed E-state index contributed by atoms with van der Waals surface area (Å²) in [6.45, 7) is 4.48. The van der Waals surface area contributed by atoms with Gasteiger partial charge in [-0.1, -0.05) is 66.2 Å². The smallest absolute Gasteiger partial charge is 0.273 e. The van der Waals surface area contributed by atoms with Crippen molar-refractivity contribution < 1.29 is 4.79 Å². The van der Waals surface area contributed by atoms with Gasteiger partial charge in [-0.2, -0.15) is 0 Å². The lowest BCUT2D eigenvalue weighted by atomic mass is 10.1. The zero-order chi connectivity index (χ0) is 19.9. The number of hydrogen-bond donors (Lipinski definition) is 1. The van der Waals surface area contributed by atoms with Crippen molar-refractivity contribution in [2.45, 2.75) is 38.9 Å². The van der Waals surface area contributed by atoms with Crippen LogP contribution in [0.4, 0.5) is 0 Å². The third-order valence-corrected chi connectivity index (χ3v) is 5.29. The number of carbonyl (C=O) groups is 1. The number of likely N-dealkylation sites (tertiary alicyclic amines) is 1. The highest BCUT2D eigenvalue weighted by atomic mass is 16.2. The van der Waals surface area contributed by atoms with Crippen LogP contribution in [0.25, 0.3) is 0 Å². The van der Waals surface area contributed by atoms with Gasteiger partial charge in [0.25, 0.3) is 5.91 Å². The molecule has 0 spiro atoms. The molecule has 1 aromatic heterocycles. The molecule has 29 heavy (non-hydrogen) atoms. The summed E-state index contributed by atoms with van der Waals surface area (Å²) in [6, 6.07) is 18.5. The molecule has 0 unspecified atom stereocenters. The van der Waals surface area contributed by atoms with Crippen molar-refractivity contribution in [1.29, 1.82) is 0 Å². The lowest BCUT2D eigenvalue weighted by Gasteiger charge is -2.26. The van der Waals surface area contributed by atoms with Gasteiger partial charge in [0, 0.05) is 13.1 Å². The zero-order valence-corrected chi connectivity index (χ0v) is 16.6. The van der Waals surface area contributed by atoms with Crippen molar-refractivity contribution in [2.75, 3.05) is 13.1 Å². The number of nitrogens with zero attached hydrogens (tertiary/aromatic N) is 4. The maximum absolute atomic E-state index is 12.4. The molecule has 0 atom stereocenters. The molecule has 1 aliphatic rings. The number of nitrogens with one attached hydrogen (secondary N) is 1. The number of carbonyl (C=O) groups excluding carboxylic acids is 1. The van der Waals surface area contributed by atoms with E-state index in [2.05, 4.69) is 44.8 Å². The molecular formula is C23H27N5O. The Hall–Kier alpha value is -2.99. The molecule has 4 rings (SSSR count). The standard InChI is InChI=1S/C23H27N5O/c29-23(22-18-28(26-25-22)17-20-7-3-1-4-8-20)24-15-19-9-11-21(12-10-19)16-27-13-5-2-6-14-27/h1,3-4,7-12,18H,2,5-6,13-17H2,(H,24,29). The second kappa shape index (κ2) is 9.47. The van der Waals surface area contributed by atoms with Crippen LogP contribution in [-0.2, 0) is 19.6 Å². The molecular weight excluding hydrogens is 362 g/mol. The lowest BCUT2D eigenvalue weighted by molar-refractivity contribution is 0.0946. The Kier molecular flexibility index (Phi) is 6.32. The summed E-state index contributed by atoms with van der Waals surface area (Å²) in [5, 5.41) is 11.0. The summed E-state index contributed by atoms with van der Waals surface area (Å²) in [6.07, 6.45) is 5.65. The predicted octanol–water partition coefficient (Wildman–Crippen LogP) is 3.24. The number of aromatic nitrogens is 3. The van der Waals surface area contributed by atoms with Crippen LogP contribution in [0.3, 0.4) is 0 Å². The van der Waals surface area contributed by atoms with Crippen molar-refractivity contribution in [3.63, 3.8) is 0 Å². The fourth-order valence-corrected chi connectivity index (χ4v) is 3.66. The largest absolute Gasteiger partial charge is 0.347 e. The fraction of sp³-hybridized carbons (Fsp3) is 0.348. The Balaban J connectivity index is 1.27. The maximum atomic E-state index is 12.4. The second-order valence-corrected chi connectivity index (χ2v) is 7.62. The van der Waals surface area contributed by atoms with E-state index in [1.807, 2.05) is 30.3 Å². The topological polar surface area (TPSA) is 63.1 Å². The summed E-state index contributed by atoms with van der Waals surface area (Å²) in [7, 11) is 0. The van der Waals surface area contributed by atoms with Gasteiger partial charge in [-0.25, -0.2) is 4.68 Å². The molecule has 0 saturated carbocycles. The van der Waals surface area contributed by atoms with Crippen LogP contribution in [0.15, 0.2) is 60.8 Å². The van der Waals surface area contributed by atoms with Crippen LogP contribution in [0.1, 0.15) is 46.4 Å². The first-order chi connectivity index (χ1) is 14.3. The molecule has 1 fully saturated rings. The first-order valence-corrected chi connectivity index (χ1v) is 10.3. The highest BCUT2D eigenvalue weighted by Gasteiger charge is 2.12. The van der Waals surface area contributed by atoms with E-state index in [4.69, 9.17) is 0 Å². The Morgan fingerprint density at radius 2 is 1.55 bits per heavy atom. The van der Waals surface area contributed by atoms with Crippen LogP contribution in [0.5, 0.6) is 0 Å². The van der Waals surface area contributed by atoms with E-state index < -0.39 is 0 Å².